The maximum Gasteiger partial charge on any atom is 0.362 e. The van der Waals surface area contributed by atoms with Crippen molar-refractivity contribution in [3.8, 4) is 5.75 Å². The molecule has 0 aliphatic rings. The number of aryl methyl sites for hydroxylation is 1. The zero-order valence-electron chi connectivity index (χ0n) is 8.41. The number of benzene rings is 1. The molecule has 2 aromatic rings. The number of oxazole rings is 1. The highest BCUT2D eigenvalue weighted by Crippen LogP contribution is 2.41. The minimum absolute atomic E-state index is 0.0429. The molecule has 2 rings (SSSR count). The van der Waals surface area contributed by atoms with Crippen molar-refractivity contribution in [1.29, 1.82) is 0 Å². The van der Waals surface area contributed by atoms with Gasteiger partial charge in [-0.1, -0.05) is 0 Å². The summed E-state index contributed by atoms with van der Waals surface area (Å²) in [7, 11) is 0. The fourth-order valence-corrected chi connectivity index (χ4v) is 1.45. The third kappa shape index (κ3) is 1.53. The van der Waals surface area contributed by atoms with Crippen molar-refractivity contribution in [3.05, 3.63) is 32.2 Å². The Labute approximate surface area is 92.6 Å². The molecule has 0 saturated carbocycles. The standard InChI is InChI=1S/C8H5N3O6/c1-3-9-4-2-5(10(13)14)7(12)6(11(15)16)8(4)17-3/h2,12H,1H3. The van der Waals surface area contributed by atoms with E-state index in [9.17, 15) is 25.3 Å². The Hall–Kier alpha value is -2.71. The second-order valence-corrected chi connectivity index (χ2v) is 3.19. The van der Waals surface area contributed by atoms with E-state index in [1.165, 1.54) is 6.92 Å². The number of rotatable bonds is 2. The van der Waals surface area contributed by atoms with Crippen molar-refractivity contribution < 1.29 is 19.4 Å². The van der Waals surface area contributed by atoms with Gasteiger partial charge in [0.25, 0.3) is 5.75 Å². The van der Waals surface area contributed by atoms with E-state index in [-0.39, 0.29) is 17.0 Å². The highest BCUT2D eigenvalue weighted by Gasteiger charge is 2.31. The fraction of sp³-hybridized carbons (Fsp3) is 0.125. The number of aromatic nitrogens is 1. The van der Waals surface area contributed by atoms with Crippen molar-refractivity contribution in [2.75, 3.05) is 0 Å². The summed E-state index contributed by atoms with van der Waals surface area (Å²) in [5, 5.41) is 30.8. The first kappa shape index (κ1) is 10.8. The van der Waals surface area contributed by atoms with E-state index in [2.05, 4.69) is 4.98 Å². The van der Waals surface area contributed by atoms with E-state index < -0.39 is 27.0 Å². The Kier molecular flexibility index (Phi) is 2.16. The van der Waals surface area contributed by atoms with Crippen molar-refractivity contribution in [1.82, 2.24) is 4.98 Å². The van der Waals surface area contributed by atoms with Crippen LogP contribution < -0.4 is 0 Å². The summed E-state index contributed by atoms with van der Waals surface area (Å²) in [6.45, 7) is 1.44. The van der Waals surface area contributed by atoms with Gasteiger partial charge in [0.2, 0.25) is 5.58 Å². The third-order valence-corrected chi connectivity index (χ3v) is 2.10. The monoisotopic (exact) mass is 239 g/mol. The molecule has 1 heterocycles. The van der Waals surface area contributed by atoms with E-state index in [0.29, 0.717) is 0 Å². The number of hydrogen-bond acceptors (Lipinski definition) is 7. The first-order valence-corrected chi connectivity index (χ1v) is 4.33. The largest absolute Gasteiger partial charge is 0.497 e. The van der Waals surface area contributed by atoms with E-state index >= 15 is 0 Å². The molecule has 0 atom stereocenters. The molecule has 9 nitrogen and oxygen atoms in total. The van der Waals surface area contributed by atoms with Crippen LogP contribution in [0, 0.1) is 27.2 Å². The summed E-state index contributed by atoms with van der Waals surface area (Å²) in [5.41, 5.74) is -1.96. The van der Waals surface area contributed by atoms with Crippen molar-refractivity contribution in [2.24, 2.45) is 0 Å². The number of hydrogen-bond donors (Lipinski definition) is 1. The Morgan fingerprint density at radius 3 is 2.53 bits per heavy atom. The summed E-state index contributed by atoms with van der Waals surface area (Å²) in [6, 6.07) is 0.925. The zero-order valence-corrected chi connectivity index (χ0v) is 8.41. The number of phenols is 1. The van der Waals surface area contributed by atoms with Gasteiger partial charge in [-0.2, -0.15) is 0 Å². The van der Waals surface area contributed by atoms with Crippen molar-refractivity contribution in [3.63, 3.8) is 0 Å². The molecule has 0 aliphatic carbocycles. The van der Waals surface area contributed by atoms with Crippen LogP contribution in [0.4, 0.5) is 11.4 Å². The topological polar surface area (TPSA) is 133 Å². The quantitative estimate of drug-likeness (QED) is 0.622. The van der Waals surface area contributed by atoms with Crippen LogP contribution >= 0.6 is 0 Å². The van der Waals surface area contributed by atoms with Crippen LogP contribution in [0.25, 0.3) is 11.1 Å². The van der Waals surface area contributed by atoms with Gasteiger partial charge in [-0.3, -0.25) is 20.2 Å². The Bertz CT molecular complexity index is 646. The highest BCUT2D eigenvalue weighted by atomic mass is 16.6. The molecule has 17 heavy (non-hydrogen) atoms. The molecule has 9 heteroatoms. The normalized spacial score (nSPS) is 10.6. The van der Waals surface area contributed by atoms with E-state index in [1.807, 2.05) is 0 Å². The molecule has 0 saturated heterocycles. The van der Waals surface area contributed by atoms with Crippen LogP contribution in [-0.4, -0.2) is 19.9 Å². The van der Waals surface area contributed by atoms with Crippen LogP contribution in [0.15, 0.2) is 10.5 Å². The van der Waals surface area contributed by atoms with E-state index in [0.717, 1.165) is 6.07 Å². The molecular weight excluding hydrogens is 234 g/mol. The predicted octanol–water partition coefficient (Wildman–Crippen LogP) is 1.66. The summed E-state index contributed by atoms with van der Waals surface area (Å²) >= 11 is 0. The first-order valence-electron chi connectivity index (χ1n) is 4.33. The minimum Gasteiger partial charge on any atom is -0.497 e. The van der Waals surface area contributed by atoms with Crippen LogP contribution in [0.5, 0.6) is 5.75 Å². The highest BCUT2D eigenvalue weighted by molar-refractivity contribution is 5.90. The third-order valence-electron chi connectivity index (χ3n) is 2.10. The number of nitro groups is 2. The molecule has 0 unspecified atom stereocenters. The lowest BCUT2D eigenvalue weighted by Crippen LogP contribution is -1.94. The molecule has 0 spiro atoms. The van der Waals surface area contributed by atoms with Gasteiger partial charge in [0.15, 0.2) is 5.89 Å². The average molecular weight is 239 g/mol. The number of aromatic hydroxyl groups is 1. The van der Waals surface area contributed by atoms with Crippen LogP contribution in [-0.2, 0) is 0 Å². The molecule has 0 amide bonds. The number of nitrogens with zero attached hydrogens (tertiary/aromatic N) is 3. The van der Waals surface area contributed by atoms with Crippen LogP contribution in [0.2, 0.25) is 0 Å². The van der Waals surface area contributed by atoms with Crippen molar-refractivity contribution in [2.45, 2.75) is 6.92 Å². The maximum atomic E-state index is 10.8. The molecule has 0 aliphatic heterocycles. The lowest BCUT2D eigenvalue weighted by atomic mass is 10.2. The second-order valence-electron chi connectivity index (χ2n) is 3.19. The lowest BCUT2D eigenvalue weighted by molar-refractivity contribution is -0.395. The first-order chi connectivity index (χ1) is 7.91. The molecular formula is C8H5N3O6. The molecule has 0 fully saturated rings. The van der Waals surface area contributed by atoms with Crippen LogP contribution in [0.1, 0.15) is 5.89 Å². The molecule has 1 N–H and O–H groups in total. The van der Waals surface area contributed by atoms with Gasteiger partial charge in [0.05, 0.1) is 15.9 Å². The summed E-state index contributed by atoms with van der Waals surface area (Å²) in [4.78, 5) is 23.2. The fourth-order valence-electron chi connectivity index (χ4n) is 1.45. The minimum atomic E-state index is -1.04. The number of phenolic OH excluding ortho intramolecular Hbond substituents is 1. The molecule has 1 aromatic heterocycles. The lowest BCUT2D eigenvalue weighted by Gasteiger charge is -1.97. The molecule has 1 aromatic carbocycles. The van der Waals surface area contributed by atoms with Gasteiger partial charge < -0.3 is 9.52 Å². The maximum absolute atomic E-state index is 10.8. The van der Waals surface area contributed by atoms with E-state index in [4.69, 9.17) is 4.42 Å². The SMILES string of the molecule is Cc1nc2cc([N+](=O)[O-])c(O)c([N+](=O)[O-])c2o1. The Morgan fingerprint density at radius 2 is 2.00 bits per heavy atom. The summed E-state index contributed by atoms with van der Waals surface area (Å²) < 4.78 is 4.94. The van der Waals surface area contributed by atoms with E-state index in [1.54, 1.807) is 0 Å². The molecule has 0 bridgehead atoms. The van der Waals surface area contributed by atoms with Gasteiger partial charge >= 0.3 is 11.4 Å². The number of fused-ring (bicyclic) bond motifs is 1. The second kappa shape index (κ2) is 3.40. The van der Waals surface area contributed by atoms with Gasteiger partial charge in [-0.15, -0.1) is 0 Å². The predicted molar refractivity (Wildman–Crippen MR) is 53.7 cm³/mol. The Balaban J connectivity index is 2.94. The van der Waals surface area contributed by atoms with Gasteiger partial charge in [-0.05, 0) is 0 Å². The van der Waals surface area contributed by atoms with Gasteiger partial charge in [0.1, 0.15) is 5.52 Å². The summed E-state index contributed by atoms with van der Waals surface area (Å²) in [5.74, 6) is -0.924. The summed E-state index contributed by atoms with van der Waals surface area (Å²) in [6.07, 6.45) is 0. The molecule has 88 valence electrons. The van der Waals surface area contributed by atoms with Crippen LogP contribution in [0.3, 0.4) is 0 Å². The van der Waals surface area contributed by atoms with Gasteiger partial charge in [0, 0.05) is 6.92 Å². The number of nitro benzene ring substituents is 2. The van der Waals surface area contributed by atoms with Crippen molar-refractivity contribution >= 4 is 22.5 Å². The van der Waals surface area contributed by atoms with Gasteiger partial charge in [-0.25, -0.2) is 4.98 Å². The Morgan fingerprint density at radius 1 is 1.35 bits per heavy atom. The molecule has 0 radical (unpaired) electrons. The zero-order chi connectivity index (χ0) is 12.7. The average Bonchev–Trinajstić information content (AvgIpc) is 2.55. The smallest absolute Gasteiger partial charge is 0.362 e.